The van der Waals surface area contributed by atoms with Crippen LogP contribution < -0.4 is 29.4 Å². The lowest BCUT2D eigenvalue weighted by atomic mass is 10.1. The van der Waals surface area contributed by atoms with Gasteiger partial charge in [-0.15, -0.1) is 0 Å². The maximum absolute atomic E-state index is 13.4. The van der Waals surface area contributed by atoms with Gasteiger partial charge in [-0.2, -0.15) is 0 Å². The molecule has 0 spiro atoms. The van der Waals surface area contributed by atoms with E-state index in [2.05, 4.69) is 12.7 Å². The first kappa shape index (κ1) is 25.1. The zero-order chi connectivity index (χ0) is 24.9. The molecule has 0 aliphatic rings. The normalized spacial score (nSPS) is 12.7. The molecular weight excluding hydrogens is 475 g/mol. The predicted octanol–water partition coefficient (Wildman–Crippen LogP) is 4.91. The Morgan fingerprint density at radius 1 is 0.912 bits per heavy atom. The molecule has 1 unspecified atom stereocenters. The zero-order valence-electron chi connectivity index (χ0n) is 19.2. The molecule has 8 nitrogen and oxygen atoms in total. The maximum atomic E-state index is 13.4. The van der Waals surface area contributed by atoms with E-state index in [0.717, 1.165) is 5.56 Å². The smallest absolute Gasteiger partial charge is 0.203 e. The third-order valence-electron chi connectivity index (χ3n) is 4.97. The summed E-state index contributed by atoms with van der Waals surface area (Å²) >= 11 is 0. The third kappa shape index (κ3) is 5.32. The summed E-state index contributed by atoms with van der Waals surface area (Å²) < 4.78 is 37.8. The first-order valence-corrected chi connectivity index (χ1v) is 12.8. The minimum Gasteiger partial charge on any atom is -0.503 e. The van der Waals surface area contributed by atoms with E-state index >= 15 is 0 Å². The number of phenolic OH excluding ortho intramolecular Hbond substituents is 1. The van der Waals surface area contributed by atoms with Gasteiger partial charge in [0.2, 0.25) is 5.75 Å². The number of ether oxygens (including phenoxy) is 4. The lowest BCUT2D eigenvalue weighted by Crippen LogP contribution is -2.11. The van der Waals surface area contributed by atoms with E-state index < -0.39 is 9.30 Å². The van der Waals surface area contributed by atoms with E-state index in [9.17, 15) is 9.32 Å². The number of hydrogen-bond donors (Lipinski definition) is 3. The van der Waals surface area contributed by atoms with Crippen molar-refractivity contribution in [3.05, 3.63) is 59.7 Å². The number of hydrogen-bond acceptors (Lipinski definition) is 7. The van der Waals surface area contributed by atoms with Crippen molar-refractivity contribution in [2.75, 3.05) is 38.9 Å². The van der Waals surface area contributed by atoms with Crippen molar-refractivity contribution >= 4 is 40.8 Å². The van der Waals surface area contributed by atoms with Crippen molar-refractivity contribution in [2.45, 2.75) is 4.90 Å². The summed E-state index contributed by atoms with van der Waals surface area (Å²) in [6, 6.07) is 13.6. The van der Waals surface area contributed by atoms with Crippen LogP contribution in [-0.4, -0.2) is 37.8 Å². The number of aromatic hydroxyl groups is 1. The number of nitrogens with two attached hydrogens (primary N) is 1. The van der Waals surface area contributed by atoms with Gasteiger partial charge in [-0.05, 0) is 56.0 Å². The molecule has 0 heterocycles. The highest BCUT2D eigenvalue weighted by Crippen LogP contribution is 2.41. The Bertz CT molecular complexity index is 1300. The van der Waals surface area contributed by atoms with Gasteiger partial charge >= 0.3 is 0 Å². The average molecular weight is 503 g/mol. The second kappa shape index (κ2) is 10.6. The van der Waals surface area contributed by atoms with Gasteiger partial charge in [0.25, 0.3) is 0 Å². The fourth-order valence-corrected chi connectivity index (χ4v) is 5.16. The number of nitrogens with one attached hydrogen (secondary N) is 1. The molecule has 3 aromatic rings. The van der Waals surface area contributed by atoms with Gasteiger partial charge in [0.1, 0.15) is 0 Å². The van der Waals surface area contributed by atoms with Crippen molar-refractivity contribution < 1.29 is 28.3 Å². The van der Waals surface area contributed by atoms with Crippen LogP contribution >= 0.6 is 8.02 Å². The first-order valence-electron chi connectivity index (χ1n) is 10.0. The summed E-state index contributed by atoms with van der Waals surface area (Å²) in [5, 5.41) is 10.8. The van der Waals surface area contributed by atoms with E-state index in [0.29, 0.717) is 33.4 Å². The number of phenols is 1. The van der Waals surface area contributed by atoms with Crippen molar-refractivity contribution in [2.24, 2.45) is 0 Å². The van der Waals surface area contributed by atoms with Gasteiger partial charge in [-0.25, -0.2) is 4.21 Å². The molecule has 10 heteroatoms. The molecule has 3 aromatic carbocycles. The Balaban J connectivity index is 2.07. The molecule has 0 saturated heterocycles. The zero-order valence-corrected chi connectivity index (χ0v) is 21.1. The van der Waals surface area contributed by atoms with Crippen LogP contribution in [0.1, 0.15) is 11.1 Å². The Kier molecular flexibility index (Phi) is 7.81. The summed E-state index contributed by atoms with van der Waals surface area (Å²) in [6.07, 6.45) is 3.55. The van der Waals surface area contributed by atoms with Gasteiger partial charge in [0.15, 0.2) is 23.0 Å². The summed E-state index contributed by atoms with van der Waals surface area (Å²) in [6.45, 7) is 0. The van der Waals surface area contributed by atoms with Gasteiger partial charge in [0, 0.05) is 11.3 Å². The number of rotatable bonds is 9. The quantitative estimate of drug-likeness (QED) is 0.165. The SMILES string of the molecule is COc1ccc(/C=C\c2cc(OC)c(OC)c(OC)c2)c(NS(=O)(=P)c2cccc(N)c2)c1O. The summed E-state index contributed by atoms with van der Waals surface area (Å²) in [4.78, 5) is 0.422. The third-order valence-corrected chi connectivity index (χ3v) is 7.39. The molecule has 4 N–H and O–H groups in total. The molecule has 1 atom stereocenters. The van der Waals surface area contributed by atoms with Crippen LogP contribution in [0.3, 0.4) is 0 Å². The molecule has 0 aliphatic heterocycles. The van der Waals surface area contributed by atoms with E-state index in [1.807, 2.05) is 0 Å². The van der Waals surface area contributed by atoms with Crippen LogP contribution in [0.5, 0.6) is 28.7 Å². The first-order chi connectivity index (χ1) is 16.2. The fraction of sp³-hybridized carbons (Fsp3) is 0.167. The highest BCUT2D eigenvalue weighted by molar-refractivity contribution is 8.21. The molecule has 0 saturated carbocycles. The van der Waals surface area contributed by atoms with Gasteiger partial charge in [-0.3, -0.25) is 0 Å². The predicted molar refractivity (Wildman–Crippen MR) is 139 cm³/mol. The molecule has 0 radical (unpaired) electrons. The second-order valence-electron chi connectivity index (χ2n) is 7.10. The molecule has 180 valence electrons. The molecule has 0 fully saturated rings. The van der Waals surface area contributed by atoms with Crippen LogP contribution in [0.15, 0.2) is 53.4 Å². The number of nitrogen functional groups attached to an aromatic ring is 1. The monoisotopic (exact) mass is 502 g/mol. The summed E-state index contributed by atoms with van der Waals surface area (Å²) in [5.74, 6) is 1.52. The van der Waals surface area contributed by atoms with Crippen LogP contribution in [-0.2, 0) is 9.30 Å². The van der Waals surface area contributed by atoms with E-state index in [1.165, 1.54) is 28.4 Å². The molecule has 3 rings (SSSR count). The minimum absolute atomic E-state index is 0.190. The van der Waals surface area contributed by atoms with Crippen molar-refractivity contribution in [1.29, 1.82) is 0 Å². The minimum atomic E-state index is -3.00. The van der Waals surface area contributed by atoms with Crippen molar-refractivity contribution in [3.63, 3.8) is 0 Å². The average Bonchev–Trinajstić information content (AvgIpc) is 2.83. The lowest BCUT2D eigenvalue weighted by Gasteiger charge is -2.17. The van der Waals surface area contributed by atoms with Gasteiger partial charge in [-0.1, -0.05) is 18.2 Å². The highest BCUT2D eigenvalue weighted by Gasteiger charge is 2.18. The van der Waals surface area contributed by atoms with Crippen LogP contribution in [0.2, 0.25) is 0 Å². The van der Waals surface area contributed by atoms with Crippen LogP contribution in [0.4, 0.5) is 11.4 Å². The second-order valence-corrected chi connectivity index (χ2v) is 10.6. The molecule has 34 heavy (non-hydrogen) atoms. The van der Waals surface area contributed by atoms with Crippen LogP contribution in [0.25, 0.3) is 12.2 Å². The van der Waals surface area contributed by atoms with Gasteiger partial charge in [0.05, 0.1) is 48.3 Å². The van der Waals surface area contributed by atoms with E-state index in [1.54, 1.807) is 60.7 Å². The molecule has 0 aromatic heterocycles. The lowest BCUT2D eigenvalue weighted by molar-refractivity contribution is 0.324. The van der Waals surface area contributed by atoms with Crippen molar-refractivity contribution in [3.8, 4) is 28.7 Å². The largest absolute Gasteiger partial charge is 0.503 e. The maximum Gasteiger partial charge on any atom is 0.203 e. The highest BCUT2D eigenvalue weighted by atomic mass is 32.5. The molecule has 0 bridgehead atoms. The number of methoxy groups -OCH3 is 4. The standard InChI is InChI=1S/C24H27N2O6PS/c1-29-19-11-10-16(9-8-15-12-20(30-2)24(32-4)21(13-15)31-3)22(23(19)27)26-34(28,33)18-7-5-6-17(25)14-18/h5-14,27,33H,25H2,1-4H3,(H,26,28)/b9-8-. The Morgan fingerprint density at radius 2 is 1.56 bits per heavy atom. The molecule has 0 amide bonds. The Labute approximate surface area is 201 Å². The Hall–Kier alpha value is -3.55. The summed E-state index contributed by atoms with van der Waals surface area (Å²) in [7, 11) is 6.38. The number of anilines is 2. The van der Waals surface area contributed by atoms with E-state index in [-0.39, 0.29) is 17.2 Å². The molecular formula is C24H27N2O6PS. The van der Waals surface area contributed by atoms with E-state index in [4.69, 9.17) is 24.7 Å². The van der Waals surface area contributed by atoms with Gasteiger partial charge < -0.3 is 34.5 Å². The fourth-order valence-electron chi connectivity index (χ4n) is 3.28. The van der Waals surface area contributed by atoms with Crippen LogP contribution in [0, 0.1) is 0 Å². The topological polar surface area (TPSA) is 112 Å². The summed E-state index contributed by atoms with van der Waals surface area (Å²) in [5.41, 5.74) is 7.84. The molecule has 0 aliphatic carbocycles. The number of benzene rings is 3. The van der Waals surface area contributed by atoms with Crippen molar-refractivity contribution in [1.82, 2.24) is 0 Å². The Morgan fingerprint density at radius 3 is 2.12 bits per heavy atom.